The van der Waals surface area contributed by atoms with E-state index in [9.17, 15) is 18.9 Å². The Labute approximate surface area is 143 Å². The molecule has 1 aliphatic carbocycles. The molecule has 1 saturated heterocycles. The molecular formula is C17H18F2N2O4. The molecular weight excluding hydrogens is 334 g/mol. The Morgan fingerprint density at radius 3 is 2.76 bits per heavy atom. The summed E-state index contributed by atoms with van der Waals surface area (Å²) < 4.78 is 35.1. The van der Waals surface area contributed by atoms with E-state index in [1.807, 2.05) is 0 Å². The molecule has 6 nitrogen and oxygen atoms in total. The summed E-state index contributed by atoms with van der Waals surface area (Å²) >= 11 is 0. The Morgan fingerprint density at radius 2 is 2.08 bits per heavy atom. The van der Waals surface area contributed by atoms with Crippen LogP contribution in [0.3, 0.4) is 0 Å². The lowest BCUT2D eigenvalue weighted by Crippen LogP contribution is -2.35. The third kappa shape index (κ3) is 4.14. The second-order valence-electron chi connectivity index (χ2n) is 5.75. The number of benzene rings is 1. The van der Waals surface area contributed by atoms with Gasteiger partial charge >= 0.3 is 6.61 Å². The summed E-state index contributed by atoms with van der Waals surface area (Å²) in [7, 11) is 0. The van der Waals surface area contributed by atoms with Crippen molar-refractivity contribution in [1.29, 1.82) is 0 Å². The lowest BCUT2D eigenvalue weighted by Gasteiger charge is -2.30. The average Bonchev–Trinajstić information content (AvgIpc) is 3.05. The summed E-state index contributed by atoms with van der Waals surface area (Å²) in [5, 5.41) is 11.0. The number of nitro groups is 1. The van der Waals surface area contributed by atoms with Crippen molar-refractivity contribution in [2.24, 2.45) is 0 Å². The van der Waals surface area contributed by atoms with E-state index in [2.05, 4.69) is 15.7 Å². The van der Waals surface area contributed by atoms with Crippen molar-refractivity contribution in [2.45, 2.75) is 19.5 Å². The molecule has 1 aliphatic heterocycles. The Bertz CT molecular complexity index is 713. The summed E-state index contributed by atoms with van der Waals surface area (Å²) in [6.07, 6.45) is 5.41. The minimum Gasteiger partial charge on any atom is -0.434 e. The van der Waals surface area contributed by atoms with Crippen LogP contribution in [0.4, 0.5) is 14.5 Å². The quantitative estimate of drug-likeness (QED) is 0.598. The summed E-state index contributed by atoms with van der Waals surface area (Å²) in [4.78, 5) is 12.6. The molecule has 0 saturated carbocycles. The van der Waals surface area contributed by atoms with Crippen molar-refractivity contribution in [3.63, 3.8) is 0 Å². The van der Waals surface area contributed by atoms with Gasteiger partial charge in [0, 0.05) is 36.5 Å². The predicted molar refractivity (Wildman–Crippen MR) is 87.4 cm³/mol. The molecule has 1 aromatic carbocycles. The van der Waals surface area contributed by atoms with Gasteiger partial charge in [-0.25, -0.2) is 0 Å². The highest BCUT2D eigenvalue weighted by molar-refractivity contribution is 5.66. The fourth-order valence-electron chi connectivity index (χ4n) is 3.06. The first-order valence-electron chi connectivity index (χ1n) is 8.01. The number of hydrogen-bond donors (Lipinski definition) is 0. The average molecular weight is 352 g/mol. The molecule has 25 heavy (non-hydrogen) atoms. The zero-order valence-corrected chi connectivity index (χ0v) is 13.5. The fourth-order valence-corrected chi connectivity index (χ4v) is 3.06. The van der Waals surface area contributed by atoms with E-state index in [4.69, 9.17) is 4.74 Å². The second kappa shape index (κ2) is 7.60. The van der Waals surface area contributed by atoms with Crippen LogP contribution in [0.25, 0.3) is 6.08 Å². The maximum atomic E-state index is 12.6. The molecule has 0 N–H and O–H groups in total. The Balaban J connectivity index is 1.93. The molecule has 0 atom stereocenters. The first-order valence-corrected chi connectivity index (χ1v) is 8.01. The molecule has 1 heterocycles. The van der Waals surface area contributed by atoms with Gasteiger partial charge in [0.2, 0.25) is 0 Å². The second-order valence-corrected chi connectivity index (χ2v) is 5.75. The first kappa shape index (κ1) is 17.3. The largest absolute Gasteiger partial charge is 0.434 e. The number of ether oxygens (including phenoxy) is 2. The van der Waals surface area contributed by atoms with Crippen LogP contribution in [0, 0.1) is 10.1 Å². The minimum absolute atomic E-state index is 0.0682. The summed E-state index contributed by atoms with van der Waals surface area (Å²) in [5.41, 5.74) is 2.12. The minimum atomic E-state index is -2.99. The number of morpholine rings is 1. The third-order valence-electron chi connectivity index (χ3n) is 4.18. The third-order valence-corrected chi connectivity index (χ3v) is 4.18. The number of hydrogen-bond acceptors (Lipinski definition) is 5. The van der Waals surface area contributed by atoms with Gasteiger partial charge in [-0.2, -0.15) is 8.78 Å². The molecule has 1 fully saturated rings. The number of halogens is 2. The van der Waals surface area contributed by atoms with E-state index in [0.717, 1.165) is 43.3 Å². The predicted octanol–water partition coefficient (Wildman–Crippen LogP) is 3.59. The van der Waals surface area contributed by atoms with Gasteiger partial charge in [0.15, 0.2) is 0 Å². The van der Waals surface area contributed by atoms with Crippen LogP contribution >= 0.6 is 0 Å². The van der Waals surface area contributed by atoms with Crippen LogP contribution in [-0.2, 0) is 4.74 Å². The number of allylic oxidation sites excluding steroid dienone is 2. The SMILES string of the molecule is O=[N+]([O-])c1ccc(OC(F)F)c(C=C2CCC=C2N2CCOCC2)c1. The van der Waals surface area contributed by atoms with Gasteiger partial charge in [-0.3, -0.25) is 10.1 Å². The topological polar surface area (TPSA) is 64.8 Å². The summed E-state index contributed by atoms with van der Waals surface area (Å²) in [6.45, 7) is -0.184. The van der Waals surface area contributed by atoms with Crippen LogP contribution in [0.2, 0.25) is 0 Å². The van der Waals surface area contributed by atoms with Crippen molar-refractivity contribution in [3.8, 4) is 5.75 Å². The molecule has 2 aliphatic rings. The van der Waals surface area contributed by atoms with Crippen LogP contribution in [-0.4, -0.2) is 42.7 Å². The molecule has 1 aromatic rings. The van der Waals surface area contributed by atoms with E-state index in [1.54, 1.807) is 6.08 Å². The molecule has 0 spiro atoms. The molecule has 8 heteroatoms. The van der Waals surface area contributed by atoms with Crippen molar-refractivity contribution in [2.75, 3.05) is 26.3 Å². The summed E-state index contributed by atoms with van der Waals surface area (Å²) in [6, 6.07) is 3.64. The van der Waals surface area contributed by atoms with Crippen molar-refractivity contribution in [1.82, 2.24) is 4.90 Å². The van der Waals surface area contributed by atoms with E-state index >= 15 is 0 Å². The Hall–Kier alpha value is -2.48. The molecule has 0 aromatic heterocycles. The monoisotopic (exact) mass is 352 g/mol. The lowest BCUT2D eigenvalue weighted by atomic mass is 10.1. The van der Waals surface area contributed by atoms with Crippen molar-refractivity contribution < 1.29 is 23.2 Å². The summed E-state index contributed by atoms with van der Waals surface area (Å²) in [5.74, 6) is -0.0682. The van der Waals surface area contributed by atoms with Crippen molar-refractivity contribution in [3.05, 3.63) is 51.2 Å². The molecule has 0 bridgehead atoms. The number of non-ortho nitro benzene ring substituents is 1. The maximum absolute atomic E-state index is 12.6. The van der Waals surface area contributed by atoms with Crippen LogP contribution in [0.5, 0.6) is 5.75 Å². The highest BCUT2D eigenvalue weighted by atomic mass is 19.3. The number of nitrogens with zero attached hydrogens (tertiary/aromatic N) is 2. The smallest absolute Gasteiger partial charge is 0.387 e. The normalized spacial score (nSPS) is 19.4. The number of alkyl halides is 2. The van der Waals surface area contributed by atoms with Gasteiger partial charge in [0.05, 0.1) is 18.1 Å². The van der Waals surface area contributed by atoms with Gasteiger partial charge < -0.3 is 14.4 Å². The lowest BCUT2D eigenvalue weighted by molar-refractivity contribution is -0.384. The van der Waals surface area contributed by atoms with Crippen LogP contribution in [0.1, 0.15) is 18.4 Å². The molecule has 134 valence electrons. The standard InChI is InChI=1S/C17H18F2N2O4/c18-17(19)25-16-5-4-14(21(22)23)11-13(16)10-12-2-1-3-15(12)20-6-8-24-9-7-20/h3-5,10-11,17H,1-2,6-9H2. The van der Waals surface area contributed by atoms with Gasteiger partial charge in [-0.1, -0.05) is 6.08 Å². The maximum Gasteiger partial charge on any atom is 0.387 e. The molecule has 3 rings (SSSR count). The fraction of sp³-hybridized carbons (Fsp3) is 0.412. The van der Waals surface area contributed by atoms with Crippen molar-refractivity contribution >= 4 is 11.8 Å². The van der Waals surface area contributed by atoms with E-state index in [-0.39, 0.29) is 17.0 Å². The number of rotatable bonds is 5. The number of nitro benzene ring substituents is 1. The Morgan fingerprint density at radius 1 is 1.32 bits per heavy atom. The van der Waals surface area contributed by atoms with Gasteiger partial charge in [-0.05, 0) is 30.6 Å². The molecule has 0 radical (unpaired) electrons. The van der Waals surface area contributed by atoms with Gasteiger partial charge in [0.1, 0.15) is 5.75 Å². The zero-order chi connectivity index (χ0) is 17.8. The van der Waals surface area contributed by atoms with E-state index in [0.29, 0.717) is 13.2 Å². The Kier molecular flexibility index (Phi) is 5.28. The van der Waals surface area contributed by atoms with Crippen LogP contribution in [0.15, 0.2) is 35.5 Å². The first-order chi connectivity index (χ1) is 12.0. The van der Waals surface area contributed by atoms with Crippen LogP contribution < -0.4 is 4.74 Å². The zero-order valence-electron chi connectivity index (χ0n) is 13.5. The van der Waals surface area contributed by atoms with Gasteiger partial charge in [0.25, 0.3) is 5.69 Å². The van der Waals surface area contributed by atoms with Gasteiger partial charge in [-0.15, -0.1) is 0 Å². The molecule has 0 unspecified atom stereocenters. The van der Waals surface area contributed by atoms with E-state index < -0.39 is 11.5 Å². The highest BCUT2D eigenvalue weighted by Crippen LogP contribution is 2.34. The highest BCUT2D eigenvalue weighted by Gasteiger charge is 2.22. The molecule has 0 amide bonds. The van der Waals surface area contributed by atoms with E-state index in [1.165, 1.54) is 12.1 Å².